The van der Waals surface area contributed by atoms with Gasteiger partial charge in [0.1, 0.15) is 5.75 Å². The van der Waals surface area contributed by atoms with Gasteiger partial charge in [-0.25, -0.2) is 8.42 Å². The van der Waals surface area contributed by atoms with Crippen molar-refractivity contribution in [1.82, 2.24) is 10.3 Å². The number of H-pyrrole nitrogens is 1. The van der Waals surface area contributed by atoms with Crippen molar-refractivity contribution in [2.75, 3.05) is 25.0 Å². The van der Waals surface area contributed by atoms with Gasteiger partial charge in [-0.15, -0.1) is 0 Å². The Kier molecular flexibility index (Phi) is 6.15. The molecule has 32 heavy (non-hydrogen) atoms. The summed E-state index contributed by atoms with van der Waals surface area (Å²) in [5.41, 5.74) is 0.278. The number of amides is 1. The first-order valence-corrected chi connectivity index (χ1v) is 11.6. The van der Waals surface area contributed by atoms with E-state index in [1.165, 1.54) is 25.3 Å². The first kappa shape index (κ1) is 21.8. The molecular formula is C22H23N3O6S. The van der Waals surface area contributed by atoms with Gasteiger partial charge in [-0.2, -0.15) is 0 Å². The third-order valence-corrected chi connectivity index (χ3v) is 6.60. The molecule has 0 unspecified atom stereocenters. The van der Waals surface area contributed by atoms with Crippen molar-refractivity contribution >= 4 is 32.5 Å². The van der Waals surface area contributed by atoms with E-state index in [0.29, 0.717) is 29.8 Å². The molecule has 0 bridgehead atoms. The van der Waals surface area contributed by atoms with E-state index < -0.39 is 21.5 Å². The molecule has 2 aromatic carbocycles. The fraction of sp³-hybridized carbons (Fsp3) is 0.273. The van der Waals surface area contributed by atoms with Crippen LogP contribution in [0, 0.1) is 0 Å². The van der Waals surface area contributed by atoms with Crippen LogP contribution < -0.4 is 20.3 Å². The minimum absolute atomic E-state index is 0.0591. The number of hydrogen-bond acceptors (Lipinski definition) is 6. The lowest BCUT2D eigenvalue weighted by Crippen LogP contribution is -2.32. The quantitative estimate of drug-likeness (QED) is 0.500. The van der Waals surface area contributed by atoms with Crippen LogP contribution in [-0.2, 0) is 14.8 Å². The second-order valence-corrected chi connectivity index (χ2v) is 9.09. The van der Waals surface area contributed by atoms with Gasteiger partial charge in [-0.3, -0.25) is 14.3 Å². The zero-order valence-electron chi connectivity index (χ0n) is 17.4. The Morgan fingerprint density at radius 3 is 2.78 bits per heavy atom. The van der Waals surface area contributed by atoms with E-state index in [9.17, 15) is 18.0 Å². The molecule has 0 radical (unpaired) electrons. The lowest BCUT2D eigenvalue weighted by molar-refractivity contribution is 0.0859. The van der Waals surface area contributed by atoms with E-state index in [1.807, 2.05) is 0 Å². The van der Waals surface area contributed by atoms with Gasteiger partial charge in [-0.05, 0) is 43.2 Å². The fourth-order valence-corrected chi connectivity index (χ4v) is 4.72. The van der Waals surface area contributed by atoms with Gasteiger partial charge in [0.05, 0.1) is 29.4 Å². The summed E-state index contributed by atoms with van der Waals surface area (Å²) in [7, 11) is -2.54. The number of aromatic nitrogens is 1. The summed E-state index contributed by atoms with van der Waals surface area (Å²) < 4.78 is 39.2. The van der Waals surface area contributed by atoms with Crippen molar-refractivity contribution in [1.29, 1.82) is 0 Å². The van der Waals surface area contributed by atoms with Crippen LogP contribution >= 0.6 is 0 Å². The first-order chi connectivity index (χ1) is 15.4. The summed E-state index contributed by atoms with van der Waals surface area (Å²) in [5.74, 6) is -0.0979. The maximum absolute atomic E-state index is 13.0. The number of methoxy groups -OCH3 is 1. The van der Waals surface area contributed by atoms with Crippen LogP contribution in [0.5, 0.6) is 5.75 Å². The molecule has 2 heterocycles. The molecule has 4 rings (SSSR count). The van der Waals surface area contributed by atoms with Gasteiger partial charge in [-0.1, -0.05) is 12.1 Å². The summed E-state index contributed by atoms with van der Waals surface area (Å²) in [5, 5.41) is 3.09. The molecule has 3 N–H and O–H groups in total. The van der Waals surface area contributed by atoms with E-state index in [2.05, 4.69) is 15.0 Å². The Hall–Kier alpha value is -3.37. The second-order valence-electron chi connectivity index (χ2n) is 7.41. The zero-order valence-corrected chi connectivity index (χ0v) is 18.2. The molecule has 1 fully saturated rings. The van der Waals surface area contributed by atoms with E-state index >= 15 is 0 Å². The summed E-state index contributed by atoms with van der Waals surface area (Å²) in [4.78, 5) is 27.4. The number of fused-ring (bicyclic) bond motifs is 1. The molecule has 0 aliphatic carbocycles. The molecule has 1 amide bonds. The highest BCUT2D eigenvalue weighted by Crippen LogP contribution is 2.27. The predicted molar refractivity (Wildman–Crippen MR) is 120 cm³/mol. The SMILES string of the molecule is COc1ccccc1NS(=O)(=O)c1ccc2[nH]c(=O)cc(C(=O)NC[C@H]3CCCO3)c2c1. The molecule has 3 aromatic rings. The minimum atomic E-state index is -3.99. The monoisotopic (exact) mass is 457 g/mol. The Morgan fingerprint density at radius 2 is 2.03 bits per heavy atom. The Morgan fingerprint density at radius 1 is 1.22 bits per heavy atom. The molecule has 1 aromatic heterocycles. The molecule has 1 aliphatic heterocycles. The number of benzene rings is 2. The largest absolute Gasteiger partial charge is 0.495 e. The average molecular weight is 458 g/mol. The van der Waals surface area contributed by atoms with Crippen LogP contribution in [0.15, 0.2) is 58.2 Å². The number of sulfonamides is 1. The Balaban J connectivity index is 1.67. The van der Waals surface area contributed by atoms with E-state index in [-0.39, 0.29) is 22.3 Å². The van der Waals surface area contributed by atoms with Crippen molar-refractivity contribution in [3.8, 4) is 5.75 Å². The number of rotatable bonds is 7. The summed E-state index contributed by atoms with van der Waals surface area (Å²) >= 11 is 0. The zero-order chi connectivity index (χ0) is 22.7. The molecular weight excluding hydrogens is 434 g/mol. The summed E-state index contributed by atoms with van der Waals surface area (Å²) in [6.07, 6.45) is 1.73. The number of aromatic amines is 1. The molecule has 0 saturated carbocycles. The number of hydrogen-bond donors (Lipinski definition) is 3. The van der Waals surface area contributed by atoms with Crippen molar-refractivity contribution in [3.63, 3.8) is 0 Å². The Labute approximate surface area is 184 Å². The van der Waals surface area contributed by atoms with Gasteiger partial charge in [0.15, 0.2) is 0 Å². The van der Waals surface area contributed by atoms with E-state index in [0.717, 1.165) is 18.9 Å². The van der Waals surface area contributed by atoms with Crippen molar-refractivity contribution < 1.29 is 22.7 Å². The molecule has 1 atom stereocenters. The maximum atomic E-state index is 13.0. The molecule has 168 valence electrons. The van der Waals surface area contributed by atoms with Crippen LogP contribution in [0.3, 0.4) is 0 Å². The van der Waals surface area contributed by atoms with Crippen LogP contribution in [-0.4, -0.2) is 45.7 Å². The highest BCUT2D eigenvalue weighted by molar-refractivity contribution is 7.92. The topological polar surface area (TPSA) is 127 Å². The number of anilines is 1. The summed E-state index contributed by atoms with van der Waals surface area (Å²) in [6.45, 7) is 0.982. The molecule has 1 aliphatic rings. The van der Waals surface area contributed by atoms with Crippen molar-refractivity contribution in [2.45, 2.75) is 23.8 Å². The number of ether oxygens (including phenoxy) is 2. The van der Waals surface area contributed by atoms with Gasteiger partial charge in [0.25, 0.3) is 15.9 Å². The van der Waals surface area contributed by atoms with Crippen LogP contribution in [0.4, 0.5) is 5.69 Å². The van der Waals surface area contributed by atoms with E-state index in [1.54, 1.807) is 24.3 Å². The van der Waals surface area contributed by atoms with Crippen LogP contribution in [0.25, 0.3) is 10.9 Å². The number of carbonyl (C=O) groups excluding carboxylic acids is 1. The molecule has 10 heteroatoms. The Bertz CT molecular complexity index is 1310. The lowest BCUT2D eigenvalue weighted by Gasteiger charge is -2.14. The number of nitrogens with one attached hydrogen (secondary N) is 3. The third-order valence-electron chi connectivity index (χ3n) is 5.24. The van der Waals surface area contributed by atoms with Crippen LogP contribution in [0.1, 0.15) is 23.2 Å². The second kappa shape index (κ2) is 9.01. The minimum Gasteiger partial charge on any atom is -0.495 e. The van der Waals surface area contributed by atoms with Crippen molar-refractivity contribution in [2.24, 2.45) is 0 Å². The standard InChI is InChI=1S/C22H23N3O6S/c1-30-20-7-3-2-6-19(20)25-32(28,29)15-8-9-18-16(11-15)17(12-21(26)24-18)22(27)23-13-14-5-4-10-31-14/h2-3,6-9,11-12,14,25H,4-5,10,13H2,1H3,(H,23,27)(H,24,26)/t14-/m1/s1. The van der Waals surface area contributed by atoms with Gasteiger partial charge >= 0.3 is 0 Å². The fourth-order valence-electron chi connectivity index (χ4n) is 3.63. The average Bonchev–Trinajstić information content (AvgIpc) is 3.30. The molecule has 9 nitrogen and oxygen atoms in total. The number of pyridine rings is 1. The maximum Gasteiger partial charge on any atom is 0.262 e. The van der Waals surface area contributed by atoms with E-state index in [4.69, 9.17) is 9.47 Å². The molecule has 1 saturated heterocycles. The van der Waals surface area contributed by atoms with Gasteiger partial charge in [0.2, 0.25) is 5.56 Å². The smallest absolute Gasteiger partial charge is 0.262 e. The van der Waals surface area contributed by atoms with Crippen molar-refractivity contribution in [3.05, 3.63) is 64.4 Å². The predicted octanol–water partition coefficient (Wildman–Crippen LogP) is 2.25. The van der Waals surface area contributed by atoms with Gasteiger partial charge < -0.3 is 19.8 Å². The number of para-hydroxylation sites is 2. The normalized spacial score (nSPS) is 16.1. The van der Waals surface area contributed by atoms with Crippen LogP contribution in [0.2, 0.25) is 0 Å². The molecule has 0 spiro atoms. The lowest BCUT2D eigenvalue weighted by atomic mass is 10.1. The first-order valence-electron chi connectivity index (χ1n) is 10.1. The highest BCUT2D eigenvalue weighted by Gasteiger charge is 2.21. The highest BCUT2D eigenvalue weighted by atomic mass is 32.2. The third kappa shape index (κ3) is 4.61. The summed E-state index contributed by atoms with van der Waals surface area (Å²) in [6, 6.07) is 12.0. The number of carbonyl (C=O) groups is 1. The van der Waals surface area contributed by atoms with Gasteiger partial charge in [0, 0.05) is 30.1 Å².